The lowest BCUT2D eigenvalue weighted by Crippen LogP contribution is -2.55. The van der Waals surface area contributed by atoms with Gasteiger partial charge in [-0.25, -0.2) is 0 Å². The van der Waals surface area contributed by atoms with Gasteiger partial charge in [0.05, 0.1) is 12.6 Å². The van der Waals surface area contributed by atoms with E-state index in [-0.39, 0.29) is 11.8 Å². The Morgan fingerprint density at radius 1 is 1.41 bits per heavy atom. The standard InChI is InChI=1S/C12H19F3N2/c1-9(2)10-5-3-4-6-11(10,7-16)17-8-12(13,14)15/h9-10,17H,3-6,8H2,1-2H3. The Morgan fingerprint density at radius 3 is 2.53 bits per heavy atom. The first-order valence-corrected chi connectivity index (χ1v) is 6.04. The predicted octanol–water partition coefficient (Wildman–Crippen LogP) is 3.25. The SMILES string of the molecule is CC(C)C1CCCCC1(C#N)NCC(F)(F)F. The van der Waals surface area contributed by atoms with Crippen molar-refractivity contribution in [1.29, 1.82) is 5.26 Å². The molecule has 2 atom stereocenters. The molecule has 17 heavy (non-hydrogen) atoms. The van der Waals surface area contributed by atoms with Gasteiger partial charge in [-0.1, -0.05) is 26.7 Å². The molecule has 2 nitrogen and oxygen atoms in total. The number of halogens is 3. The molecule has 0 saturated heterocycles. The van der Waals surface area contributed by atoms with Crippen LogP contribution < -0.4 is 5.32 Å². The summed E-state index contributed by atoms with van der Waals surface area (Å²) in [6.45, 7) is 2.86. The van der Waals surface area contributed by atoms with Crippen molar-refractivity contribution < 1.29 is 13.2 Å². The molecule has 1 aliphatic carbocycles. The van der Waals surface area contributed by atoms with E-state index in [1.54, 1.807) is 0 Å². The minimum atomic E-state index is -4.26. The molecule has 1 fully saturated rings. The van der Waals surface area contributed by atoms with Gasteiger partial charge in [0.2, 0.25) is 0 Å². The fourth-order valence-electron chi connectivity index (χ4n) is 2.76. The molecular formula is C12H19F3N2. The van der Waals surface area contributed by atoms with Crippen LogP contribution >= 0.6 is 0 Å². The molecule has 0 spiro atoms. The monoisotopic (exact) mass is 248 g/mol. The first-order chi connectivity index (χ1) is 7.81. The first-order valence-electron chi connectivity index (χ1n) is 6.04. The van der Waals surface area contributed by atoms with E-state index >= 15 is 0 Å². The highest BCUT2D eigenvalue weighted by Gasteiger charge is 2.44. The Labute approximate surface area is 100 Å². The third kappa shape index (κ3) is 3.60. The number of rotatable bonds is 3. The molecule has 1 N–H and O–H groups in total. The van der Waals surface area contributed by atoms with Crippen LogP contribution in [0.15, 0.2) is 0 Å². The smallest absolute Gasteiger partial charge is 0.291 e. The van der Waals surface area contributed by atoms with Crippen molar-refractivity contribution in [2.75, 3.05) is 6.54 Å². The first kappa shape index (κ1) is 14.3. The number of nitriles is 1. The third-order valence-electron chi connectivity index (χ3n) is 3.58. The lowest BCUT2D eigenvalue weighted by Gasteiger charge is -2.42. The average molecular weight is 248 g/mol. The summed E-state index contributed by atoms with van der Waals surface area (Å²) >= 11 is 0. The van der Waals surface area contributed by atoms with Crippen molar-refractivity contribution in [1.82, 2.24) is 5.32 Å². The summed E-state index contributed by atoms with van der Waals surface area (Å²) in [5.41, 5.74) is -0.998. The molecule has 5 heteroatoms. The Morgan fingerprint density at radius 2 is 2.06 bits per heavy atom. The van der Waals surface area contributed by atoms with Gasteiger partial charge in [0, 0.05) is 0 Å². The molecule has 2 unspecified atom stereocenters. The third-order valence-corrected chi connectivity index (χ3v) is 3.58. The minimum absolute atomic E-state index is 0.00333. The normalized spacial score (nSPS) is 30.3. The summed E-state index contributed by atoms with van der Waals surface area (Å²) in [4.78, 5) is 0. The Hall–Kier alpha value is -0.760. The summed E-state index contributed by atoms with van der Waals surface area (Å²) in [6.07, 6.45) is -1.09. The lowest BCUT2D eigenvalue weighted by molar-refractivity contribution is -0.130. The Balaban J connectivity index is 2.80. The number of alkyl halides is 3. The van der Waals surface area contributed by atoms with E-state index in [1.807, 2.05) is 13.8 Å². The summed E-state index contributed by atoms with van der Waals surface area (Å²) in [5.74, 6) is 0.222. The van der Waals surface area contributed by atoms with Crippen LogP contribution in [0.3, 0.4) is 0 Å². The van der Waals surface area contributed by atoms with Crippen molar-refractivity contribution in [3.63, 3.8) is 0 Å². The number of nitrogens with one attached hydrogen (secondary N) is 1. The van der Waals surface area contributed by atoms with Crippen LogP contribution in [0.1, 0.15) is 39.5 Å². The van der Waals surface area contributed by atoms with Crippen molar-refractivity contribution in [3.05, 3.63) is 0 Å². The lowest BCUT2D eigenvalue weighted by atomic mass is 9.68. The highest BCUT2D eigenvalue weighted by atomic mass is 19.4. The van der Waals surface area contributed by atoms with E-state index in [2.05, 4.69) is 11.4 Å². The molecule has 0 aromatic carbocycles. The van der Waals surface area contributed by atoms with Crippen LogP contribution in [0.25, 0.3) is 0 Å². The molecule has 0 aromatic heterocycles. The molecule has 0 bridgehead atoms. The van der Waals surface area contributed by atoms with Gasteiger partial charge in [-0.15, -0.1) is 0 Å². The van der Waals surface area contributed by atoms with Crippen LogP contribution in [0.4, 0.5) is 13.2 Å². The van der Waals surface area contributed by atoms with Crippen LogP contribution in [-0.4, -0.2) is 18.3 Å². The van der Waals surface area contributed by atoms with Gasteiger partial charge in [0.1, 0.15) is 5.54 Å². The van der Waals surface area contributed by atoms with Gasteiger partial charge < -0.3 is 0 Å². The molecule has 0 radical (unpaired) electrons. The van der Waals surface area contributed by atoms with Crippen molar-refractivity contribution in [2.24, 2.45) is 11.8 Å². The number of hydrogen-bond acceptors (Lipinski definition) is 2. The van der Waals surface area contributed by atoms with Gasteiger partial charge in [-0.3, -0.25) is 5.32 Å². The van der Waals surface area contributed by atoms with Gasteiger partial charge in [0.15, 0.2) is 0 Å². The molecule has 1 aliphatic rings. The fraction of sp³-hybridized carbons (Fsp3) is 0.917. The second-order valence-electron chi connectivity index (χ2n) is 5.15. The largest absolute Gasteiger partial charge is 0.401 e. The molecule has 0 heterocycles. The molecular weight excluding hydrogens is 229 g/mol. The molecule has 0 aromatic rings. The van der Waals surface area contributed by atoms with Gasteiger partial charge in [-0.2, -0.15) is 18.4 Å². The summed E-state index contributed by atoms with van der Waals surface area (Å²) in [5, 5.41) is 11.7. The fourth-order valence-corrected chi connectivity index (χ4v) is 2.76. The summed E-state index contributed by atoms with van der Waals surface area (Å²) in [6, 6.07) is 2.11. The van der Waals surface area contributed by atoms with Crippen LogP contribution in [0.2, 0.25) is 0 Å². The molecule has 1 saturated carbocycles. The van der Waals surface area contributed by atoms with E-state index in [1.165, 1.54) is 0 Å². The maximum atomic E-state index is 12.3. The van der Waals surface area contributed by atoms with E-state index in [4.69, 9.17) is 0 Å². The number of hydrogen-bond donors (Lipinski definition) is 1. The van der Waals surface area contributed by atoms with E-state index in [9.17, 15) is 18.4 Å². The molecule has 0 amide bonds. The molecule has 98 valence electrons. The van der Waals surface area contributed by atoms with E-state index in [0.717, 1.165) is 19.3 Å². The Bertz CT molecular complexity index is 293. The molecule has 1 rings (SSSR count). The summed E-state index contributed by atoms with van der Waals surface area (Å²) < 4.78 is 36.8. The molecule has 0 aliphatic heterocycles. The van der Waals surface area contributed by atoms with Gasteiger partial charge in [-0.05, 0) is 24.7 Å². The van der Waals surface area contributed by atoms with Gasteiger partial charge >= 0.3 is 6.18 Å². The zero-order valence-electron chi connectivity index (χ0n) is 10.3. The van der Waals surface area contributed by atoms with E-state index < -0.39 is 18.3 Å². The average Bonchev–Trinajstić information content (AvgIpc) is 2.25. The topological polar surface area (TPSA) is 35.8 Å². The Kier molecular flexibility index (Phi) is 4.42. The van der Waals surface area contributed by atoms with Crippen molar-refractivity contribution in [2.45, 2.75) is 51.2 Å². The quantitative estimate of drug-likeness (QED) is 0.832. The highest BCUT2D eigenvalue weighted by molar-refractivity contribution is 5.13. The van der Waals surface area contributed by atoms with E-state index in [0.29, 0.717) is 6.42 Å². The second-order valence-corrected chi connectivity index (χ2v) is 5.15. The highest BCUT2D eigenvalue weighted by Crippen LogP contribution is 2.38. The zero-order valence-corrected chi connectivity index (χ0v) is 10.3. The van der Waals surface area contributed by atoms with Crippen LogP contribution in [-0.2, 0) is 0 Å². The van der Waals surface area contributed by atoms with Crippen LogP contribution in [0, 0.1) is 23.2 Å². The zero-order chi connectivity index (χ0) is 13.1. The van der Waals surface area contributed by atoms with Crippen LogP contribution in [0.5, 0.6) is 0 Å². The minimum Gasteiger partial charge on any atom is -0.291 e. The number of nitrogens with zero attached hydrogens (tertiary/aromatic N) is 1. The maximum absolute atomic E-state index is 12.3. The van der Waals surface area contributed by atoms with Gasteiger partial charge in [0.25, 0.3) is 0 Å². The maximum Gasteiger partial charge on any atom is 0.401 e. The predicted molar refractivity (Wildman–Crippen MR) is 59.2 cm³/mol. The summed E-state index contributed by atoms with van der Waals surface area (Å²) in [7, 11) is 0. The second kappa shape index (κ2) is 5.26. The van der Waals surface area contributed by atoms with Crippen molar-refractivity contribution >= 4 is 0 Å². The van der Waals surface area contributed by atoms with Crippen molar-refractivity contribution in [3.8, 4) is 6.07 Å².